The molecule has 0 aromatic rings. The second-order valence-corrected chi connectivity index (χ2v) is 7.12. The fourth-order valence-electron chi connectivity index (χ4n) is 2.42. The van der Waals surface area contributed by atoms with Crippen LogP contribution in [-0.2, 0) is 14.4 Å². The fraction of sp³-hybridized carbons (Fsp3) is 0.800. The first-order chi connectivity index (χ1) is 10.0. The van der Waals surface area contributed by atoms with Crippen molar-refractivity contribution in [1.82, 2.24) is 10.6 Å². The van der Waals surface area contributed by atoms with Crippen molar-refractivity contribution in [3.05, 3.63) is 0 Å². The van der Waals surface area contributed by atoms with Gasteiger partial charge in [0.05, 0.1) is 12.5 Å². The maximum Gasteiger partial charge on any atom is 0.305 e. The largest absolute Gasteiger partial charge is 0.481 e. The van der Waals surface area contributed by atoms with E-state index in [9.17, 15) is 14.4 Å². The summed E-state index contributed by atoms with van der Waals surface area (Å²) in [5.74, 6) is -1.58. The predicted molar refractivity (Wildman–Crippen MR) is 81.9 cm³/mol. The summed E-state index contributed by atoms with van der Waals surface area (Å²) in [6.45, 7) is 7.78. The second-order valence-electron chi connectivity index (χ2n) is 7.12. The van der Waals surface area contributed by atoms with Crippen molar-refractivity contribution in [2.75, 3.05) is 0 Å². The summed E-state index contributed by atoms with van der Waals surface area (Å²) < 4.78 is 0. The molecule has 7 nitrogen and oxygen atoms in total. The summed E-state index contributed by atoms with van der Waals surface area (Å²) in [5, 5.41) is 14.1. The van der Waals surface area contributed by atoms with Crippen LogP contribution >= 0.6 is 0 Å². The molecule has 1 saturated carbocycles. The topological polar surface area (TPSA) is 122 Å². The highest BCUT2D eigenvalue weighted by atomic mass is 16.4. The lowest BCUT2D eigenvalue weighted by Crippen LogP contribution is -2.54. The van der Waals surface area contributed by atoms with Gasteiger partial charge in [0.2, 0.25) is 11.8 Å². The van der Waals surface area contributed by atoms with Gasteiger partial charge in [-0.15, -0.1) is 0 Å². The highest BCUT2D eigenvalue weighted by molar-refractivity contribution is 5.91. The third-order valence-corrected chi connectivity index (χ3v) is 3.81. The smallest absolute Gasteiger partial charge is 0.305 e. The van der Waals surface area contributed by atoms with Crippen molar-refractivity contribution in [2.24, 2.45) is 17.1 Å². The number of nitrogens with two attached hydrogens (primary N) is 1. The minimum atomic E-state index is -1.16. The summed E-state index contributed by atoms with van der Waals surface area (Å²) in [5.41, 5.74) is 5.42. The molecule has 126 valence electrons. The third-order valence-electron chi connectivity index (χ3n) is 3.81. The van der Waals surface area contributed by atoms with Gasteiger partial charge >= 0.3 is 5.97 Å². The molecule has 0 radical (unpaired) electrons. The molecule has 0 aromatic carbocycles. The molecule has 1 aliphatic carbocycles. The van der Waals surface area contributed by atoms with Crippen LogP contribution < -0.4 is 16.4 Å². The Morgan fingerprint density at radius 2 is 1.73 bits per heavy atom. The number of hydrogen-bond donors (Lipinski definition) is 4. The van der Waals surface area contributed by atoms with Crippen LogP contribution in [-0.4, -0.2) is 41.0 Å². The Morgan fingerprint density at radius 3 is 2.14 bits per heavy atom. The Balaban J connectivity index is 2.54. The lowest BCUT2D eigenvalue weighted by atomic mass is 9.83. The standard InChI is InChI=1S/C15H27N3O4/c1-8(17-14(22)10(16)7-11(19)20)13(21)18-12(9-5-6-9)15(2,3)4/h8-10,12H,5-7,16H2,1-4H3,(H,17,22)(H,18,21)(H,19,20)/t8-,10+,12?/m1/s1. The zero-order valence-electron chi connectivity index (χ0n) is 13.7. The minimum absolute atomic E-state index is 0.0553. The van der Waals surface area contributed by atoms with Gasteiger partial charge in [-0.05, 0) is 31.1 Å². The summed E-state index contributed by atoms with van der Waals surface area (Å²) in [6, 6.07) is -1.85. The summed E-state index contributed by atoms with van der Waals surface area (Å²) in [7, 11) is 0. The van der Waals surface area contributed by atoms with Gasteiger partial charge in [0.1, 0.15) is 6.04 Å². The summed E-state index contributed by atoms with van der Waals surface area (Å²) in [4.78, 5) is 34.5. The van der Waals surface area contributed by atoms with Gasteiger partial charge in [-0.25, -0.2) is 0 Å². The first kappa shape index (κ1) is 18.4. The predicted octanol–water partition coefficient (Wildman–Crippen LogP) is 0.234. The zero-order chi connectivity index (χ0) is 17.1. The van der Waals surface area contributed by atoms with Gasteiger partial charge < -0.3 is 21.5 Å². The lowest BCUT2D eigenvalue weighted by Gasteiger charge is -2.32. The molecule has 7 heteroatoms. The number of amides is 2. The van der Waals surface area contributed by atoms with Crippen LogP contribution in [0.1, 0.15) is 47.0 Å². The molecule has 1 unspecified atom stereocenters. The van der Waals surface area contributed by atoms with Crippen molar-refractivity contribution in [3.63, 3.8) is 0 Å². The van der Waals surface area contributed by atoms with E-state index in [4.69, 9.17) is 10.8 Å². The zero-order valence-corrected chi connectivity index (χ0v) is 13.7. The van der Waals surface area contributed by atoms with Gasteiger partial charge in [0, 0.05) is 6.04 Å². The number of hydrogen-bond acceptors (Lipinski definition) is 4. The molecular formula is C15H27N3O4. The van der Waals surface area contributed by atoms with Crippen LogP contribution in [0.4, 0.5) is 0 Å². The van der Waals surface area contributed by atoms with E-state index in [0.717, 1.165) is 12.8 Å². The number of carboxylic acids is 1. The van der Waals surface area contributed by atoms with Crippen molar-refractivity contribution < 1.29 is 19.5 Å². The van der Waals surface area contributed by atoms with Crippen LogP contribution in [0.15, 0.2) is 0 Å². The molecule has 0 aromatic heterocycles. The minimum Gasteiger partial charge on any atom is -0.481 e. The van der Waals surface area contributed by atoms with E-state index in [-0.39, 0.29) is 17.4 Å². The number of nitrogens with one attached hydrogen (secondary N) is 2. The molecule has 0 spiro atoms. The lowest BCUT2D eigenvalue weighted by molar-refractivity contribution is -0.139. The van der Waals surface area contributed by atoms with Crippen LogP contribution in [0.2, 0.25) is 0 Å². The Bertz CT molecular complexity index is 441. The highest BCUT2D eigenvalue weighted by Crippen LogP contribution is 2.40. The number of carboxylic acid groups (broad SMARTS) is 1. The van der Waals surface area contributed by atoms with E-state index in [1.54, 1.807) is 6.92 Å². The van der Waals surface area contributed by atoms with Crippen molar-refractivity contribution in [1.29, 1.82) is 0 Å². The molecule has 1 rings (SSSR count). The summed E-state index contributed by atoms with van der Waals surface area (Å²) >= 11 is 0. The van der Waals surface area contributed by atoms with E-state index < -0.39 is 30.4 Å². The number of carbonyl (C=O) groups is 3. The quantitative estimate of drug-likeness (QED) is 0.536. The molecule has 0 heterocycles. The van der Waals surface area contributed by atoms with Crippen molar-refractivity contribution >= 4 is 17.8 Å². The SMILES string of the molecule is C[C@@H](NC(=O)[C@@H](N)CC(=O)O)C(=O)NC(C1CC1)C(C)(C)C. The van der Waals surface area contributed by atoms with Gasteiger partial charge in [0.25, 0.3) is 0 Å². The van der Waals surface area contributed by atoms with Gasteiger partial charge in [0.15, 0.2) is 0 Å². The van der Waals surface area contributed by atoms with Crippen LogP contribution in [0.25, 0.3) is 0 Å². The van der Waals surface area contributed by atoms with Crippen LogP contribution in [0.3, 0.4) is 0 Å². The normalized spacial score (nSPS) is 19.0. The Kier molecular flexibility index (Phi) is 5.93. The van der Waals surface area contributed by atoms with E-state index in [0.29, 0.717) is 5.92 Å². The monoisotopic (exact) mass is 313 g/mol. The maximum absolute atomic E-state index is 12.2. The molecule has 2 amide bonds. The second kappa shape index (κ2) is 7.09. The number of rotatable bonds is 7. The maximum atomic E-state index is 12.2. The highest BCUT2D eigenvalue weighted by Gasteiger charge is 2.40. The van der Waals surface area contributed by atoms with Crippen LogP contribution in [0, 0.1) is 11.3 Å². The van der Waals surface area contributed by atoms with Crippen LogP contribution in [0.5, 0.6) is 0 Å². The molecule has 0 saturated heterocycles. The molecule has 1 fully saturated rings. The Labute approximate surface area is 131 Å². The van der Waals surface area contributed by atoms with Gasteiger partial charge in [-0.1, -0.05) is 20.8 Å². The van der Waals surface area contributed by atoms with Crippen molar-refractivity contribution in [3.8, 4) is 0 Å². The molecular weight excluding hydrogens is 286 g/mol. The van der Waals surface area contributed by atoms with E-state index in [1.807, 2.05) is 0 Å². The first-order valence-corrected chi connectivity index (χ1v) is 7.60. The molecule has 5 N–H and O–H groups in total. The average Bonchev–Trinajstić information content (AvgIpc) is 3.17. The van der Waals surface area contributed by atoms with Crippen molar-refractivity contribution in [2.45, 2.75) is 65.1 Å². The van der Waals surface area contributed by atoms with Gasteiger partial charge in [-0.2, -0.15) is 0 Å². The van der Waals surface area contributed by atoms with E-state index in [2.05, 4.69) is 31.4 Å². The van der Waals surface area contributed by atoms with E-state index in [1.165, 1.54) is 0 Å². The van der Waals surface area contributed by atoms with E-state index >= 15 is 0 Å². The number of carbonyl (C=O) groups excluding carboxylic acids is 2. The first-order valence-electron chi connectivity index (χ1n) is 7.60. The average molecular weight is 313 g/mol. The molecule has 0 aliphatic heterocycles. The Hall–Kier alpha value is -1.63. The molecule has 3 atom stereocenters. The van der Waals surface area contributed by atoms with Gasteiger partial charge in [-0.3, -0.25) is 14.4 Å². The molecule has 0 bridgehead atoms. The molecule has 22 heavy (non-hydrogen) atoms. The summed E-state index contributed by atoms with van der Waals surface area (Å²) in [6.07, 6.45) is 1.74. The fourth-order valence-corrected chi connectivity index (χ4v) is 2.42. The molecule has 1 aliphatic rings. The third kappa shape index (κ3) is 5.63. The number of aliphatic carboxylic acids is 1. The Morgan fingerprint density at radius 1 is 1.18 bits per heavy atom.